The van der Waals surface area contributed by atoms with Crippen LogP contribution in [0.4, 0.5) is 11.4 Å². The van der Waals surface area contributed by atoms with Gasteiger partial charge in [0.05, 0.1) is 27.7 Å². The third-order valence-corrected chi connectivity index (χ3v) is 6.13. The number of likely N-dealkylation sites (tertiary alicyclic amines) is 1. The van der Waals surface area contributed by atoms with Crippen molar-refractivity contribution in [2.75, 3.05) is 18.4 Å². The monoisotopic (exact) mass is 396 g/mol. The number of nitrogens with zero attached hydrogens (tertiary/aromatic N) is 3. The molecule has 1 aliphatic heterocycles. The maximum atomic E-state index is 12.5. The van der Waals surface area contributed by atoms with Crippen molar-refractivity contribution in [3.05, 3.63) is 63.1 Å². The van der Waals surface area contributed by atoms with E-state index in [9.17, 15) is 14.9 Å². The summed E-state index contributed by atoms with van der Waals surface area (Å²) in [4.78, 5) is 30.1. The highest BCUT2D eigenvalue weighted by Crippen LogP contribution is 2.36. The summed E-state index contributed by atoms with van der Waals surface area (Å²) >= 11 is 1.68. The van der Waals surface area contributed by atoms with Crippen LogP contribution in [0.1, 0.15) is 29.5 Å². The molecule has 1 atom stereocenters. The number of anilines is 1. The number of benzene rings is 2. The van der Waals surface area contributed by atoms with Gasteiger partial charge in [-0.3, -0.25) is 19.8 Å². The second kappa shape index (κ2) is 7.65. The zero-order valence-electron chi connectivity index (χ0n) is 15.4. The smallest absolute Gasteiger partial charge is 0.274 e. The molecule has 1 N–H and O–H groups in total. The third-order valence-electron chi connectivity index (χ3n) is 5.00. The van der Waals surface area contributed by atoms with Crippen LogP contribution < -0.4 is 5.32 Å². The average Bonchev–Trinajstić information content (AvgIpc) is 3.29. The standard InChI is InChI=1S/C20H20N4O3S/c1-13-8-9-14(11-17(13)24(26)27)21-19(25)12-23-10-4-6-16(23)20-22-15-5-2-3-7-18(15)28-20/h2-3,5,7-9,11,16H,4,6,10,12H2,1H3,(H,21,25). The minimum Gasteiger partial charge on any atom is -0.325 e. The summed E-state index contributed by atoms with van der Waals surface area (Å²) in [6.07, 6.45) is 1.99. The number of carbonyl (C=O) groups is 1. The van der Waals surface area contributed by atoms with Crippen LogP contribution >= 0.6 is 11.3 Å². The van der Waals surface area contributed by atoms with Gasteiger partial charge in [0, 0.05) is 17.3 Å². The predicted octanol–water partition coefficient (Wildman–Crippen LogP) is 4.29. The molecule has 0 aliphatic carbocycles. The molecule has 0 saturated carbocycles. The van der Waals surface area contributed by atoms with E-state index in [2.05, 4.69) is 16.3 Å². The second-order valence-corrected chi connectivity index (χ2v) is 8.02. The summed E-state index contributed by atoms with van der Waals surface area (Å²) < 4.78 is 1.15. The number of nitro groups is 1. The Morgan fingerprint density at radius 3 is 2.96 bits per heavy atom. The zero-order chi connectivity index (χ0) is 19.7. The van der Waals surface area contributed by atoms with E-state index in [1.807, 2.05) is 18.2 Å². The minimum atomic E-state index is -0.436. The van der Waals surface area contributed by atoms with E-state index in [4.69, 9.17) is 4.98 Å². The highest BCUT2D eigenvalue weighted by molar-refractivity contribution is 7.18. The molecule has 1 unspecified atom stereocenters. The third kappa shape index (κ3) is 3.74. The molecule has 2 aromatic carbocycles. The largest absolute Gasteiger partial charge is 0.325 e. The van der Waals surface area contributed by atoms with Gasteiger partial charge in [-0.05, 0) is 44.5 Å². The van der Waals surface area contributed by atoms with Crippen molar-refractivity contribution in [3.63, 3.8) is 0 Å². The fraction of sp³-hybridized carbons (Fsp3) is 0.300. The molecule has 0 bridgehead atoms. The molecular weight excluding hydrogens is 376 g/mol. The van der Waals surface area contributed by atoms with E-state index in [0.29, 0.717) is 11.3 Å². The molecule has 1 amide bonds. The van der Waals surface area contributed by atoms with Gasteiger partial charge in [-0.2, -0.15) is 0 Å². The molecule has 1 saturated heterocycles. The van der Waals surface area contributed by atoms with Crippen molar-refractivity contribution >= 4 is 38.8 Å². The van der Waals surface area contributed by atoms with E-state index in [-0.39, 0.29) is 24.2 Å². The summed E-state index contributed by atoms with van der Waals surface area (Å²) in [5.74, 6) is -0.175. The van der Waals surface area contributed by atoms with Gasteiger partial charge < -0.3 is 5.32 Å². The lowest BCUT2D eigenvalue weighted by Gasteiger charge is -2.22. The number of rotatable bonds is 5. The van der Waals surface area contributed by atoms with Gasteiger partial charge in [-0.15, -0.1) is 11.3 Å². The molecule has 0 radical (unpaired) electrons. The number of hydrogen-bond acceptors (Lipinski definition) is 6. The van der Waals surface area contributed by atoms with Crippen LogP contribution in [0.5, 0.6) is 0 Å². The second-order valence-electron chi connectivity index (χ2n) is 6.95. The summed E-state index contributed by atoms with van der Waals surface area (Å²) in [7, 11) is 0. The van der Waals surface area contributed by atoms with Crippen LogP contribution in [0.15, 0.2) is 42.5 Å². The summed E-state index contributed by atoms with van der Waals surface area (Å²) in [6, 6.07) is 12.9. The van der Waals surface area contributed by atoms with Crippen LogP contribution in [0.2, 0.25) is 0 Å². The van der Waals surface area contributed by atoms with Crippen LogP contribution in [-0.4, -0.2) is 33.8 Å². The Balaban J connectivity index is 1.46. The molecule has 7 nitrogen and oxygen atoms in total. The highest BCUT2D eigenvalue weighted by atomic mass is 32.1. The fourth-order valence-electron chi connectivity index (χ4n) is 3.60. The fourth-order valence-corrected chi connectivity index (χ4v) is 4.73. The van der Waals surface area contributed by atoms with Gasteiger partial charge in [-0.1, -0.05) is 18.2 Å². The van der Waals surface area contributed by atoms with Crippen LogP contribution in [0.3, 0.4) is 0 Å². The number of aromatic nitrogens is 1. The van der Waals surface area contributed by atoms with Gasteiger partial charge >= 0.3 is 0 Å². The molecule has 2 heterocycles. The van der Waals surface area contributed by atoms with Crippen molar-refractivity contribution in [2.24, 2.45) is 0 Å². The molecule has 4 rings (SSSR count). The van der Waals surface area contributed by atoms with Gasteiger partial charge in [0.2, 0.25) is 5.91 Å². The zero-order valence-corrected chi connectivity index (χ0v) is 16.2. The van der Waals surface area contributed by atoms with Gasteiger partial charge in [0.25, 0.3) is 5.69 Å². The molecular formula is C20H20N4O3S. The SMILES string of the molecule is Cc1ccc(NC(=O)CN2CCCC2c2nc3ccccc3s2)cc1[N+](=O)[O-]. The van der Waals surface area contributed by atoms with E-state index >= 15 is 0 Å². The van der Waals surface area contributed by atoms with Crippen molar-refractivity contribution in [2.45, 2.75) is 25.8 Å². The average molecular weight is 396 g/mol. The quantitative estimate of drug-likeness (QED) is 0.513. The maximum Gasteiger partial charge on any atom is 0.274 e. The van der Waals surface area contributed by atoms with E-state index in [1.165, 1.54) is 6.07 Å². The first-order valence-corrected chi connectivity index (χ1v) is 9.97. The normalized spacial score (nSPS) is 17.1. The highest BCUT2D eigenvalue weighted by Gasteiger charge is 2.30. The number of carbonyl (C=O) groups excluding carboxylic acids is 1. The molecule has 3 aromatic rings. The Kier molecular flexibility index (Phi) is 5.06. The van der Waals surface area contributed by atoms with E-state index < -0.39 is 4.92 Å². The Morgan fingerprint density at radius 1 is 1.36 bits per heavy atom. The van der Waals surface area contributed by atoms with Crippen molar-refractivity contribution in [3.8, 4) is 0 Å². The number of thiazole rings is 1. The Hall–Kier alpha value is -2.84. The van der Waals surface area contributed by atoms with Crippen LogP contribution in [0, 0.1) is 17.0 Å². The maximum absolute atomic E-state index is 12.5. The molecule has 1 fully saturated rings. The summed E-state index contributed by atoms with van der Waals surface area (Å²) in [5.41, 5.74) is 2.01. The van der Waals surface area contributed by atoms with E-state index in [1.54, 1.807) is 30.4 Å². The summed E-state index contributed by atoms with van der Waals surface area (Å²) in [6.45, 7) is 2.75. The number of nitro benzene ring substituents is 1. The first-order valence-electron chi connectivity index (χ1n) is 9.15. The van der Waals surface area contributed by atoms with E-state index in [0.717, 1.165) is 34.6 Å². The van der Waals surface area contributed by atoms with Crippen LogP contribution in [0.25, 0.3) is 10.2 Å². The Morgan fingerprint density at radius 2 is 2.18 bits per heavy atom. The molecule has 144 valence electrons. The predicted molar refractivity (Wildman–Crippen MR) is 110 cm³/mol. The summed E-state index contributed by atoms with van der Waals surface area (Å²) in [5, 5.41) is 14.9. The van der Waals surface area contributed by atoms with Crippen molar-refractivity contribution in [1.29, 1.82) is 0 Å². The first-order chi connectivity index (χ1) is 13.5. The van der Waals surface area contributed by atoms with Crippen LogP contribution in [-0.2, 0) is 4.79 Å². The number of para-hydroxylation sites is 1. The topological polar surface area (TPSA) is 88.4 Å². The lowest BCUT2D eigenvalue weighted by molar-refractivity contribution is -0.385. The van der Waals surface area contributed by atoms with Crippen molar-refractivity contribution in [1.82, 2.24) is 9.88 Å². The molecule has 1 aliphatic rings. The number of amides is 1. The first kappa shape index (κ1) is 18.5. The number of aryl methyl sites for hydroxylation is 1. The lowest BCUT2D eigenvalue weighted by Crippen LogP contribution is -2.32. The van der Waals surface area contributed by atoms with Gasteiger partial charge in [0.15, 0.2) is 0 Å². The number of nitrogens with one attached hydrogen (secondary N) is 1. The Bertz CT molecular complexity index is 1020. The lowest BCUT2D eigenvalue weighted by atomic mass is 10.2. The Labute approximate surface area is 166 Å². The molecule has 28 heavy (non-hydrogen) atoms. The minimum absolute atomic E-state index is 0.00586. The number of hydrogen-bond donors (Lipinski definition) is 1. The van der Waals surface area contributed by atoms with Gasteiger partial charge in [0.1, 0.15) is 5.01 Å². The molecule has 1 aromatic heterocycles. The molecule has 0 spiro atoms. The molecule has 8 heteroatoms. The van der Waals surface area contributed by atoms with Crippen molar-refractivity contribution < 1.29 is 9.72 Å². The van der Waals surface area contributed by atoms with Gasteiger partial charge in [-0.25, -0.2) is 4.98 Å². The number of fused-ring (bicyclic) bond motifs is 1.